The molecule has 2 rings (SSSR count). The standard InChI is InChI=1S/C11H20N6O/c1-2-18-11-15-9(14-10(16-11)17-12)13-8-6-4-3-5-7-8/h8H,2-7,12H2,1H3,(H2,13,14,15,16,17). The summed E-state index contributed by atoms with van der Waals surface area (Å²) in [5, 5.41) is 3.32. The zero-order valence-electron chi connectivity index (χ0n) is 10.6. The Labute approximate surface area is 107 Å². The molecule has 0 radical (unpaired) electrons. The molecule has 1 aromatic rings. The lowest BCUT2D eigenvalue weighted by Crippen LogP contribution is -2.24. The van der Waals surface area contributed by atoms with Crippen molar-refractivity contribution >= 4 is 11.9 Å². The van der Waals surface area contributed by atoms with Crippen LogP contribution < -0.4 is 21.3 Å². The van der Waals surface area contributed by atoms with Gasteiger partial charge < -0.3 is 10.1 Å². The number of aromatic nitrogens is 3. The van der Waals surface area contributed by atoms with Gasteiger partial charge in [-0.2, -0.15) is 15.0 Å². The van der Waals surface area contributed by atoms with E-state index >= 15 is 0 Å². The Morgan fingerprint density at radius 1 is 1.17 bits per heavy atom. The number of nitrogens with zero attached hydrogens (tertiary/aromatic N) is 3. The molecular formula is C11H20N6O. The lowest BCUT2D eigenvalue weighted by atomic mass is 9.96. The number of ether oxygens (including phenoxy) is 1. The SMILES string of the molecule is CCOc1nc(NN)nc(NC2CCCCC2)n1. The quantitative estimate of drug-likeness (QED) is 0.536. The summed E-state index contributed by atoms with van der Waals surface area (Å²) >= 11 is 0. The topological polar surface area (TPSA) is 98.0 Å². The molecule has 1 fully saturated rings. The van der Waals surface area contributed by atoms with Gasteiger partial charge in [0, 0.05) is 6.04 Å². The Morgan fingerprint density at radius 2 is 1.89 bits per heavy atom. The molecule has 0 atom stereocenters. The molecule has 4 N–H and O–H groups in total. The first-order chi connectivity index (χ1) is 8.81. The number of anilines is 2. The number of hydrazine groups is 1. The van der Waals surface area contributed by atoms with Crippen LogP contribution in [0.3, 0.4) is 0 Å². The van der Waals surface area contributed by atoms with E-state index in [2.05, 4.69) is 25.7 Å². The van der Waals surface area contributed by atoms with Crippen molar-refractivity contribution in [2.24, 2.45) is 5.84 Å². The van der Waals surface area contributed by atoms with E-state index in [1.165, 1.54) is 19.3 Å². The Balaban J connectivity index is 2.07. The van der Waals surface area contributed by atoms with Crippen molar-refractivity contribution in [2.75, 3.05) is 17.3 Å². The van der Waals surface area contributed by atoms with Gasteiger partial charge in [-0.1, -0.05) is 19.3 Å². The molecule has 0 saturated heterocycles. The molecule has 1 heterocycles. The Bertz CT molecular complexity index is 380. The van der Waals surface area contributed by atoms with Gasteiger partial charge in [-0.05, 0) is 19.8 Å². The second-order valence-electron chi connectivity index (χ2n) is 4.32. The van der Waals surface area contributed by atoms with E-state index in [4.69, 9.17) is 10.6 Å². The second-order valence-corrected chi connectivity index (χ2v) is 4.32. The van der Waals surface area contributed by atoms with E-state index in [0.29, 0.717) is 30.6 Å². The first kappa shape index (κ1) is 12.8. The van der Waals surface area contributed by atoms with Crippen molar-refractivity contribution in [1.82, 2.24) is 15.0 Å². The smallest absolute Gasteiger partial charge is 0.323 e. The van der Waals surface area contributed by atoms with Gasteiger partial charge in [0.2, 0.25) is 11.9 Å². The highest BCUT2D eigenvalue weighted by Crippen LogP contribution is 2.21. The van der Waals surface area contributed by atoms with Gasteiger partial charge in [0.25, 0.3) is 0 Å². The number of nitrogens with one attached hydrogen (secondary N) is 2. The highest BCUT2D eigenvalue weighted by Gasteiger charge is 2.15. The van der Waals surface area contributed by atoms with Crippen molar-refractivity contribution in [1.29, 1.82) is 0 Å². The normalized spacial score (nSPS) is 16.3. The van der Waals surface area contributed by atoms with E-state index in [1.807, 2.05) is 6.92 Å². The molecular weight excluding hydrogens is 232 g/mol. The number of hydrogen-bond acceptors (Lipinski definition) is 7. The molecule has 0 amide bonds. The third-order valence-corrected chi connectivity index (χ3v) is 2.96. The predicted molar refractivity (Wildman–Crippen MR) is 69.3 cm³/mol. The fourth-order valence-corrected chi connectivity index (χ4v) is 2.11. The molecule has 0 aromatic carbocycles. The highest BCUT2D eigenvalue weighted by atomic mass is 16.5. The average molecular weight is 252 g/mol. The van der Waals surface area contributed by atoms with Crippen LogP contribution in [0.2, 0.25) is 0 Å². The average Bonchev–Trinajstić information content (AvgIpc) is 2.40. The molecule has 0 aliphatic heterocycles. The summed E-state index contributed by atoms with van der Waals surface area (Å²) < 4.78 is 5.28. The Kier molecular flexibility index (Phi) is 4.52. The number of nitrogen functional groups attached to an aromatic ring is 1. The number of nitrogens with two attached hydrogens (primary N) is 1. The molecule has 0 spiro atoms. The van der Waals surface area contributed by atoms with E-state index in [1.54, 1.807) is 0 Å². The fourth-order valence-electron chi connectivity index (χ4n) is 2.11. The van der Waals surface area contributed by atoms with E-state index in [-0.39, 0.29) is 0 Å². The van der Waals surface area contributed by atoms with Crippen molar-refractivity contribution in [3.63, 3.8) is 0 Å². The van der Waals surface area contributed by atoms with Crippen molar-refractivity contribution < 1.29 is 4.74 Å². The van der Waals surface area contributed by atoms with Gasteiger partial charge in [0.1, 0.15) is 0 Å². The van der Waals surface area contributed by atoms with Gasteiger partial charge in [-0.15, -0.1) is 0 Å². The minimum atomic E-state index is 0.291. The maximum Gasteiger partial charge on any atom is 0.323 e. The second kappa shape index (κ2) is 6.34. The summed E-state index contributed by atoms with van der Waals surface area (Å²) in [6.07, 6.45) is 6.13. The number of rotatable bonds is 5. The Hall–Kier alpha value is -1.63. The van der Waals surface area contributed by atoms with Crippen LogP contribution in [0.15, 0.2) is 0 Å². The molecule has 1 aliphatic rings. The molecule has 1 saturated carbocycles. The predicted octanol–water partition coefficient (Wildman–Crippen LogP) is 1.30. The molecule has 100 valence electrons. The van der Waals surface area contributed by atoms with E-state index in [9.17, 15) is 0 Å². The summed E-state index contributed by atoms with van der Waals surface area (Å²) in [5.74, 6) is 6.16. The lowest BCUT2D eigenvalue weighted by Gasteiger charge is -2.22. The van der Waals surface area contributed by atoms with Crippen molar-refractivity contribution in [3.05, 3.63) is 0 Å². The van der Waals surface area contributed by atoms with Gasteiger partial charge in [0.05, 0.1) is 6.61 Å². The van der Waals surface area contributed by atoms with E-state index in [0.717, 1.165) is 12.8 Å². The molecule has 0 unspecified atom stereocenters. The van der Waals surface area contributed by atoms with Crippen LogP contribution in [0.1, 0.15) is 39.0 Å². The maximum absolute atomic E-state index is 5.33. The summed E-state index contributed by atoms with van der Waals surface area (Å²) in [5.41, 5.74) is 2.42. The van der Waals surface area contributed by atoms with Crippen LogP contribution in [0, 0.1) is 0 Å². The van der Waals surface area contributed by atoms with Crippen LogP contribution in [-0.2, 0) is 0 Å². The highest BCUT2D eigenvalue weighted by molar-refractivity contribution is 5.35. The summed E-state index contributed by atoms with van der Waals surface area (Å²) in [4.78, 5) is 12.4. The molecule has 1 aromatic heterocycles. The molecule has 7 nitrogen and oxygen atoms in total. The van der Waals surface area contributed by atoms with Gasteiger partial charge in [-0.25, -0.2) is 5.84 Å². The van der Waals surface area contributed by atoms with Crippen molar-refractivity contribution in [2.45, 2.75) is 45.1 Å². The summed E-state index contributed by atoms with van der Waals surface area (Å²) in [7, 11) is 0. The number of hydrogen-bond donors (Lipinski definition) is 3. The monoisotopic (exact) mass is 252 g/mol. The third kappa shape index (κ3) is 3.43. The largest absolute Gasteiger partial charge is 0.464 e. The van der Waals surface area contributed by atoms with Crippen LogP contribution in [0.5, 0.6) is 6.01 Å². The molecule has 0 bridgehead atoms. The van der Waals surface area contributed by atoms with Crippen LogP contribution in [0.4, 0.5) is 11.9 Å². The Morgan fingerprint density at radius 3 is 2.56 bits per heavy atom. The maximum atomic E-state index is 5.33. The van der Waals surface area contributed by atoms with Crippen LogP contribution in [0.25, 0.3) is 0 Å². The summed E-state index contributed by atoms with van der Waals surface area (Å²) in [6, 6.07) is 0.722. The minimum absolute atomic E-state index is 0.291. The van der Waals surface area contributed by atoms with Crippen LogP contribution >= 0.6 is 0 Å². The summed E-state index contributed by atoms with van der Waals surface area (Å²) in [6.45, 7) is 2.39. The zero-order valence-corrected chi connectivity index (χ0v) is 10.6. The van der Waals surface area contributed by atoms with Crippen LogP contribution in [-0.4, -0.2) is 27.6 Å². The first-order valence-electron chi connectivity index (χ1n) is 6.44. The van der Waals surface area contributed by atoms with Gasteiger partial charge >= 0.3 is 6.01 Å². The fraction of sp³-hybridized carbons (Fsp3) is 0.727. The zero-order chi connectivity index (χ0) is 12.8. The molecule has 1 aliphatic carbocycles. The van der Waals surface area contributed by atoms with Gasteiger partial charge in [0.15, 0.2) is 0 Å². The lowest BCUT2D eigenvalue weighted by molar-refractivity contribution is 0.312. The van der Waals surface area contributed by atoms with Gasteiger partial charge in [-0.3, -0.25) is 5.43 Å². The van der Waals surface area contributed by atoms with E-state index < -0.39 is 0 Å². The molecule has 7 heteroatoms. The first-order valence-corrected chi connectivity index (χ1v) is 6.44. The third-order valence-electron chi connectivity index (χ3n) is 2.96. The minimum Gasteiger partial charge on any atom is -0.464 e. The molecule has 18 heavy (non-hydrogen) atoms. The van der Waals surface area contributed by atoms with Crippen molar-refractivity contribution in [3.8, 4) is 6.01 Å².